The van der Waals surface area contributed by atoms with Gasteiger partial charge in [-0.2, -0.15) is 0 Å². The maximum atomic E-state index is 13.7. The number of rotatable bonds is 3. The molecule has 0 atom stereocenters. The molecule has 3 rings (SSSR count). The fourth-order valence-electron chi connectivity index (χ4n) is 2.34. The number of carbonyl (C=O) groups excluding carboxylic acids is 1. The maximum Gasteiger partial charge on any atom is 0.266 e. The number of amides is 1. The number of aromatic nitrogens is 2. The normalized spacial score (nSPS) is 10.9. The number of fused-ring (bicyclic) bond motifs is 1. The standard InChI is InChI=1S/C16H14FN3O2S/c1-3-20-8-18-15-12(16(20)22)9(2)13(23-15)14(21)19-11-7-5-4-6-10(11)17/h4-8H,3H2,1-2H3,(H,19,21). The zero-order valence-electron chi connectivity index (χ0n) is 12.6. The minimum Gasteiger partial charge on any atom is -0.319 e. The Balaban J connectivity index is 2.05. The third kappa shape index (κ3) is 2.63. The van der Waals surface area contributed by atoms with Crippen LogP contribution in [0.2, 0.25) is 0 Å². The minimum absolute atomic E-state index is 0.105. The highest BCUT2D eigenvalue weighted by Crippen LogP contribution is 2.27. The Kier molecular flexibility index (Phi) is 3.96. The molecule has 118 valence electrons. The van der Waals surface area contributed by atoms with E-state index in [0.717, 1.165) is 11.3 Å². The molecule has 0 spiro atoms. The van der Waals surface area contributed by atoms with Gasteiger partial charge < -0.3 is 5.32 Å². The second-order valence-electron chi connectivity index (χ2n) is 5.01. The molecule has 0 saturated heterocycles. The van der Waals surface area contributed by atoms with Gasteiger partial charge in [0.2, 0.25) is 0 Å². The fraction of sp³-hybridized carbons (Fsp3) is 0.188. The van der Waals surface area contributed by atoms with E-state index < -0.39 is 11.7 Å². The molecular weight excluding hydrogens is 317 g/mol. The van der Waals surface area contributed by atoms with Gasteiger partial charge in [-0.25, -0.2) is 9.37 Å². The summed E-state index contributed by atoms with van der Waals surface area (Å²) in [5, 5.41) is 2.98. The number of nitrogens with one attached hydrogen (secondary N) is 1. The first-order valence-electron chi connectivity index (χ1n) is 7.07. The Morgan fingerprint density at radius 3 is 2.83 bits per heavy atom. The van der Waals surface area contributed by atoms with Gasteiger partial charge >= 0.3 is 0 Å². The number of thiophene rings is 1. The highest BCUT2D eigenvalue weighted by Gasteiger charge is 2.20. The third-order valence-corrected chi connectivity index (χ3v) is 4.78. The van der Waals surface area contributed by atoms with Crippen molar-refractivity contribution in [2.75, 3.05) is 5.32 Å². The van der Waals surface area contributed by atoms with Crippen molar-refractivity contribution in [2.45, 2.75) is 20.4 Å². The van der Waals surface area contributed by atoms with Crippen LogP contribution in [-0.4, -0.2) is 15.5 Å². The Labute approximate surface area is 135 Å². The van der Waals surface area contributed by atoms with E-state index in [1.54, 1.807) is 19.1 Å². The molecule has 2 aromatic heterocycles. The molecule has 0 fully saturated rings. The Bertz CT molecular complexity index is 962. The number of aryl methyl sites for hydroxylation is 2. The van der Waals surface area contributed by atoms with Gasteiger partial charge in [0.25, 0.3) is 11.5 Å². The van der Waals surface area contributed by atoms with Gasteiger partial charge in [-0.3, -0.25) is 14.2 Å². The lowest BCUT2D eigenvalue weighted by Crippen LogP contribution is -2.19. The molecule has 0 saturated carbocycles. The van der Waals surface area contributed by atoms with E-state index in [2.05, 4.69) is 10.3 Å². The van der Waals surface area contributed by atoms with Gasteiger partial charge in [0.15, 0.2) is 0 Å². The fourth-order valence-corrected chi connectivity index (χ4v) is 3.38. The van der Waals surface area contributed by atoms with Crippen LogP contribution < -0.4 is 10.9 Å². The molecule has 0 aliphatic rings. The minimum atomic E-state index is -0.508. The zero-order valence-corrected chi connectivity index (χ0v) is 13.4. The molecular formula is C16H14FN3O2S. The van der Waals surface area contributed by atoms with Crippen molar-refractivity contribution >= 4 is 33.1 Å². The first kappa shape index (κ1) is 15.4. The Hall–Kier alpha value is -2.54. The van der Waals surface area contributed by atoms with Crippen molar-refractivity contribution < 1.29 is 9.18 Å². The molecule has 1 N–H and O–H groups in total. The van der Waals surface area contributed by atoms with E-state index in [-0.39, 0.29) is 11.2 Å². The summed E-state index contributed by atoms with van der Waals surface area (Å²) in [4.78, 5) is 29.9. The van der Waals surface area contributed by atoms with Crippen LogP contribution in [0.25, 0.3) is 10.2 Å². The number of hydrogen-bond acceptors (Lipinski definition) is 4. The van der Waals surface area contributed by atoms with Gasteiger partial charge in [0.05, 0.1) is 22.3 Å². The third-order valence-electron chi connectivity index (χ3n) is 3.59. The number of carbonyl (C=O) groups is 1. The van der Waals surface area contributed by atoms with Crippen molar-refractivity contribution in [1.29, 1.82) is 0 Å². The first-order valence-corrected chi connectivity index (χ1v) is 7.89. The van der Waals surface area contributed by atoms with Crippen LogP contribution in [0.15, 0.2) is 35.4 Å². The number of nitrogens with zero attached hydrogens (tertiary/aromatic N) is 2. The quantitative estimate of drug-likeness (QED) is 0.802. The largest absolute Gasteiger partial charge is 0.319 e. The van der Waals surface area contributed by atoms with Crippen LogP contribution in [0.5, 0.6) is 0 Å². The average molecular weight is 331 g/mol. The maximum absolute atomic E-state index is 13.7. The van der Waals surface area contributed by atoms with Gasteiger partial charge in [-0.05, 0) is 31.5 Å². The molecule has 0 aliphatic heterocycles. The molecule has 2 heterocycles. The van der Waals surface area contributed by atoms with Crippen LogP contribution in [-0.2, 0) is 6.54 Å². The second-order valence-corrected chi connectivity index (χ2v) is 6.01. The second kappa shape index (κ2) is 5.92. The van der Waals surface area contributed by atoms with Crippen LogP contribution in [0.3, 0.4) is 0 Å². The molecule has 0 unspecified atom stereocenters. The van der Waals surface area contributed by atoms with Crippen molar-refractivity contribution in [2.24, 2.45) is 0 Å². The first-order chi connectivity index (χ1) is 11.0. The predicted octanol–water partition coefficient (Wildman–Crippen LogP) is 3.18. The number of benzene rings is 1. The van der Waals surface area contributed by atoms with Gasteiger partial charge in [0.1, 0.15) is 10.6 Å². The molecule has 3 aromatic rings. The van der Waals surface area contributed by atoms with Crippen LogP contribution in [0, 0.1) is 12.7 Å². The zero-order chi connectivity index (χ0) is 16.6. The Morgan fingerprint density at radius 2 is 2.13 bits per heavy atom. The highest BCUT2D eigenvalue weighted by molar-refractivity contribution is 7.20. The summed E-state index contributed by atoms with van der Waals surface area (Å²) in [7, 11) is 0. The van der Waals surface area contributed by atoms with E-state index in [4.69, 9.17) is 0 Å². The van der Waals surface area contributed by atoms with E-state index in [1.165, 1.54) is 23.0 Å². The monoisotopic (exact) mass is 331 g/mol. The predicted molar refractivity (Wildman–Crippen MR) is 88.6 cm³/mol. The topological polar surface area (TPSA) is 64.0 Å². The van der Waals surface area contributed by atoms with Gasteiger partial charge in [-0.15, -0.1) is 11.3 Å². The summed E-state index contributed by atoms with van der Waals surface area (Å²) in [6.07, 6.45) is 1.47. The molecule has 0 bridgehead atoms. The molecule has 0 aliphatic carbocycles. The van der Waals surface area contributed by atoms with Crippen molar-refractivity contribution in [3.05, 3.63) is 57.2 Å². The van der Waals surface area contributed by atoms with E-state index in [0.29, 0.717) is 27.2 Å². The van der Waals surface area contributed by atoms with Crippen LogP contribution in [0.4, 0.5) is 10.1 Å². The number of hydrogen-bond donors (Lipinski definition) is 1. The lowest BCUT2D eigenvalue weighted by Gasteiger charge is -2.05. The average Bonchev–Trinajstić information content (AvgIpc) is 2.88. The van der Waals surface area contributed by atoms with E-state index in [9.17, 15) is 14.0 Å². The molecule has 7 heteroatoms. The van der Waals surface area contributed by atoms with Crippen LogP contribution in [0.1, 0.15) is 22.2 Å². The summed E-state index contributed by atoms with van der Waals surface area (Å²) in [6, 6.07) is 5.94. The number of anilines is 1. The van der Waals surface area contributed by atoms with Gasteiger partial charge in [-0.1, -0.05) is 12.1 Å². The summed E-state index contributed by atoms with van der Waals surface area (Å²) >= 11 is 1.13. The molecule has 1 amide bonds. The smallest absolute Gasteiger partial charge is 0.266 e. The summed E-state index contributed by atoms with van der Waals surface area (Å²) in [6.45, 7) is 4.06. The molecule has 23 heavy (non-hydrogen) atoms. The SMILES string of the molecule is CCn1cnc2sc(C(=O)Nc3ccccc3F)c(C)c2c1=O. The van der Waals surface area contributed by atoms with Crippen molar-refractivity contribution in [3.8, 4) is 0 Å². The van der Waals surface area contributed by atoms with Crippen LogP contribution >= 0.6 is 11.3 Å². The van der Waals surface area contributed by atoms with Crippen molar-refractivity contribution in [3.63, 3.8) is 0 Å². The summed E-state index contributed by atoms with van der Waals surface area (Å²) in [5.74, 6) is -0.955. The van der Waals surface area contributed by atoms with E-state index in [1.807, 2.05) is 6.92 Å². The van der Waals surface area contributed by atoms with E-state index >= 15 is 0 Å². The summed E-state index contributed by atoms with van der Waals surface area (Å²) in [5.41, 5.74) is 0.503. The van der Waals surface area contributed by atoms with Gasteiger partial charge in [0, 0.05) is 6.54 Å². The van der Waals surface area contributed by atoms with Crippen molar-refractivity contribution in [1.82, 2.24) is 9.55 Å². The lowest BCUT2D eigenvalue weighted by atomic mass is 10.2. The number of para-hydroxylation sites is 1. The number of halogens is 1. The highest BCUT2D eigenvalue weighted by atomic mass is 32.1. The molecule has 5 nitrogen and oxygen atoms in total. The summed E-state index contributed by atoms with van der Waals surface area (Å²) < 4.78 is 15.1. The Morgan fingerprint density at radius 1 is 1.39 bits per heavy atom. The molecule has 0 radical (unpaired) electrons. The molecule has 1 aromatic carbocycles. The lowest BCUT2D eigenvalue weighted by molar-refractivity contribution is 0.102.